The van der Waals surface area contributed by atoms with Crippen molar-refractivity contribution in [1.29, 1.82) is 0 Å². The Morgan fingerprint density at radius 3 is 2.37 bits per heavy atom. The van der Waals surface area contributed by atoms with Crippen LogP contribution in [-0.4, -0.2) is 19.0 Å². The summed E-state index contributed by atoms with van der Waals surface area (Å²) in [6, 6.07) is 25.4. The first-order valence-electron chi connectivity index (χ1n) is 10.4. The van der Waals surface area contributed by atoms with Gasteiger partial charge in [-0.2, -0.15) is 0 Å². The zero-order valence-electron chi connectivity index (χ0n) is 18.4. The average molecular weight is 438 g/mol. The minimum absolute atomic E-state index is 0.0207. The van der Waals surface area contributed by atoms with Crippen molar-refractivity contribution in [3.63, 3.8) is 0 Å². The van der Waals surface area contributed by atoms with Gasteiger partial charge in [0.2, 0.25) is 0 Å². The molecule has 0 heterocycles. The van der Waals surface area contributed by atoms with E-state index in [-0.39, 0.29) is 5.16 Å². The van der Waals surface area contributed by atoms with Gasteiger partial charge in [-0.05, 0) is 55.1 Å². The van der Waals surface area contributed by atoms with Crippen molar-refractivity contribution in [3.8, 4) is 5.75 Å². The van der Waals surface area contributed by atoms with Crippen LogP contribution in [-0.2, 0) is 18.3 Å². The summed E-state index contributed by atoms with van der Waals surface area (Å²) in [7, 11) is 4.90. The Morgan fingerprint density at radius 2 is 1.67 bits per heavy atom. The van der Waals surface area contributed by atoms with Crippen LogP contribution in [0.5, 0.6) is 5.75 Å². The third kappa shape index (κ3) is 5.88. The van der Waals surface area contributed by atoms with E-state index in [1.54, 1.807) is 0 Å². The highest BCUT2D eigenvalue weighted by molar-refractivity contribution is 7.80. The predicted octanol–water partition coefficient (Wildman–Crippen LogP) is 6.25. The van der Waals surface area contributed by atoms with Crippen LogP contribution in [0.4, 0.5) is 0 Å². The van der Waals surface area contributed by atoms with E-state index in [9.17, 15) is 0 Å². The number of benzene rings is 3. The van der Waals surface area contributed by atoms with E-state index in [2.05, 4.69) is 106 Å². The summed E-state index contributed by atoms with van der Waals surface area (Å²) >= 11 is 4.64. The summed E-state index contributed by atoms with van der Waals surface area (Å²) in [5.41, 5.74) is 3.82. The maximum absolute atomic E-state index is 6.32. The van der Waals surface area contributed by atoms with E-state index >= 15 is 0 Å². The highest BCUT2D eigenvalue weighted by Gasteiger charge is 2.29. The van der Waals surface area contributed by atoms with E-state index in [4.69, 9.17) is 4.74 Å². The largest absolute Gasteiger partial charge is 0.489 e. The first kappa shape index (κ1) is 22.9. The van der Waals surface area contributed by atoms with Crippen molar-refractivity contribution < 1.29 is 4.74 Å². The molecule has 0 saturated heterocycles. The quantitative estimate of drug-likeness (QED) is 0.314. The van der Waals surface area contributed by atoms with Gasteiger partial charge in [-0.15, -0.1) is 12.6 Å². The van der Waals surface area contributed by atoms with Gasteiger partial charge in [-0.25, -0.2) is 0 Å². The summed E-state index contributed by atoms with van der Waals surface area (Å²) < 4.78 is 6.32. The summed E-state index contributed by atoms with van der Waals surface area (Å²) in [4.78, 5) is 3.21. The Kier molecular flexibility index (Phi) is 7.99. The van der Waals surface area contributed by atoms with Gasteiger partial charge in [-0.3, -0.25) is 0 Å². The number of rotatable bonds is 9. The summed E-state index contributed by atoms with van der Waals surface area (Å²) in [5.74, 6) is 0.957. The van der Waals surface area contributed by atoms with E-state index in [1.165, 1.54) is 22.0 Å². The molecular formula is C26H32NOPS. The van der Waals surface area contributed by atoms with Crippen molar-refractivity contribution in [3.05, 3.63) is 89.5 Å². The molecule has 0 saturated carbocycles. The van der Waals surface area contributed by atoms with Gasteiger partial charge in [0.05, 0.1) is 0 Å². The Bertz CT molecular complexity index is 960. The third-order valence-corrected chi connectivity index (χ3v) is 7.63. The molecule has 2 nitrogen and oxygen atoms in total. The van der Waals surface area contributed by atoms with E-state index < -0.39 is 0 Å². The Labute approximate surface area is 188 Å². The average Bonchev–Trinajstić information content (AvgIpc) is 2.74. The molecule has 0 bridgehead atoms. The maximum atomic E-state index is 6.32. The number of nitrogens with zero attached hydrogens (tertiary/aromatic N) is 1. The first-order valence-corrected chi connectivity index (χ1v) is 11.9. The molecule has 0 amide bonds. The van der Waals surface area contributed by atoms with Crippen LogP contribution < -0.4 is 10.0 Å². The monoisotopic (exact) mass is 437 g/mol. The van der Waals surface area contributed by atoms with Crippen LogP contribution in [0.3, 0.4) is 0 Å². The fourth-order valence-corrected chi connectivity index (χ4v) is 5.38. The van der Waals surface area contributed by atoms with Crippen LogP contribution >= 0.6 is 21.2 Å². The van der Waals surface area contributed by atoms with Crippen LogP contribution in [0.2, 0.25) is 0 Å². The molecule has 4 heteroatoms. The van der Waals surface area contributed by atoms with Gasteiger partial charge in [0.15, 0.2) is 0 Å². The van der Waals surface area contributed by atoms with Gasteiger partial charge in [0.25, 0.3) is 0 Å². The van der Waals surface area contributed by atoms with Gasteiger partial charge in [-0.1, -0.05) is 77.0 Å². The lowest BCUT2D eigenvalue weighted by Crippen LogP contribution is -2.23. The van der Waals surface area contributed by atoms with Crippen LogP contribution in [0.1, 0.15) is 37.0 Å². The maximum Gasteiger partial charge on any atom is 0.123 e. The minimum atomic E-state index is -0.0207. The van der Waals surface area contributed by atoms with Crippen molar-refractivity contribution in [2.24, 2.45) is 0 Å². The second-order valence-corrected chi connectivity index (χ2v) is 10.6. The molecule has 0 aliphatic heterocycles. The zero-order valence-corrected chi connectivity index (χ0v) is 20.2. The second kappa shape index (κ2) is 10.5. The van der Waals surface area contributed by atoms with Crippen molar-refractivity contribution in [2.75, 3.05) is 14.1 Å². The second-order valence-electron chi connectivity index (χ2n) is 8.16. The summed E-state index contributed by atoms with van der Waals surface area (Å²) in [6.45, 7) is 6.15. The number of hydrogen-bond acceptors (Lipinski definition) is 3. The normalized spacial score (nSPS) is 13.7. The molecule has 0 aliphatic carbocycles. The molecule has 0 fully saturated rings. The molecule has 0 N–H and O–H groups in total. The Balaban J connectivity index is 1.92. The molecule has 0 spiro atoms. The molecule has 0 radical (unpaired) electrons. The summed E-state index contributed by atoms with van der Waals surface area (Å²) in [6.07, 6.45) is 1.03. The lowest BCUT2D eigenvalue weighted by molar-refractivity contribution is 0.299. The van der Waals surface area contributed by atoms with Gasteiger partial charge < -0.3 is 9.64 Å². The molecule has 3 aromatic carbocycles. The number of ether oxygens (including phenoxy) is 1. The fourth-order valence-electron chi connectivity index (χ4n) is 3.57. The first-order chi connectivity index (χ1) is 14.4. The van der Waals surface area contributed by atoms with Crippen LogP contribution in [0.25, 0.3) is 0 Å². The standard InChI is InChI=1S/C26H32NOPS/c1-5-26(2,29-25-14-10-9-13-21(25)18-27(3)4)23-17-22(30)15-16-24(23)28-19-20-11-7-6-8-12-20/h6-17,29-30H,5,18-19H2,1-4H3. The molecular weight excluding hydrogens is 405 g/mol. The lowest BCUT2D eigenvalue weighted by Gasteiger charge is -2.32. The third-order valence-electron chi connectivity index (χ3n) is 5.42. The zero-order chi connectivity index (χ0) is 21.6. The SMILES string of the molecule is CCC(C)(Pc1ccccc1CN(C)C)c1cc(S)ccc1OCc1ccccc1. The minimum Gasteiger partial charge on any atom is -0.489 e. The number of thiol groups is 1. The van der Waals surface area contributed by atoms with Gasteiger partial charge in [0, 0.05) is 22.2 Å². The topological polar surface area (TPSA) is 12.5 Å². The van der Waals surface area contributed by atoms with E-state index in [0.717, 1.165) is 23.6 Å². The molecule has 2 atom stereocenters. The molecule has 2 unspecified atom stereocenters. The molecule has 3 aromatic rings. The Hall–Kier alpha value is -1.80. The van der Waals surface area contributed by atoms with Crippen LogP contribution in [0, 0.1) is 0 Å². The van der Waals surface area contributed by atoms with E-state index in [1.807, 2.05) is 12.1 Å². The van der Waals surface area contributed by atoms with Crippen molar-refractivity contribution in [2.45, 2.75) is 43.5 Å². The van der Waals surface area contributed by atoms with E-state index in [0.29, 0.717) is 15.2 Å². The molecule has 0 aromatic heterocycles. The summed E-state index contributed by atoms with van der Waals surface area (Å²) in [5, 5.41) is 1.40. The fraction of sp³-hybridized carbons (Fsp3) is 0.308. The lowest BCUT2D eigenvalue weighted by atomic mass is 9.96. The van der Waals surface area contributed by atoms with Crippen LogP contribution in [0.15, 0.2) is 77.7 Å². The molecule has 0 aliphatic rings. The smallest absolute Gasteiger partial charge is 0.123 e. The van der Waals surface area contributed by atoms with Gasteiger partial charge in [0.1, 0.15) is 12.4 Å². The highest BCUT2D eigenvalue weighted by Crippen LogP contribution is 2.48. The molecule has 30 heavy (non-hydrogen) atoms. The van der Waals surface area contributed by atoms with Crippen molar-refractivity contribution >= 4 is 26.5 Å². The van der Waals surface area contributed by atoms with Gasteiger partial charge >= 0.3 is 0 Å². The molecule has 3 rings (SSSR count). The highest BCUT2D eigenvalue weighted by atomic mass is 32.1. The van der Waals surface area contributed by atoms with Crippen molar-refractivity contribution in [1.82, 2.24) is 4.90 Å². The molecule has 158 valence electrons. The predicted molar refractivity (Wildman–Crippen MR) is 134 cm³/mol. The Morgan fingerprint density at radius 1 is 0.967 bits per heavy atom. The number of hydrogen-bond donors (Lipinski definition) is 1.